The molecule has 0 aliphatic carbocycles. The summed E-state index contributed by atoms with van der Waals surface area (Å²) in [5, 5.41) is 12.7. The zero-order valence-electron chi connectivity index (χ0n) is 11.2. The van der Waals surface area contributed by atoms with Crippen LogP contribution in [0.5, 0.6) is 0 Å². The first-order chi connectivity index (χ1) is 9.72. The molecule has 0 fully saturated rings. The van der Waals surface area contributed by atoms with Gasteiger partial charge in [0.15, 0.2) is 0 Å². The van der Waals surface area contributed by atoms with Gasteiger partial charge in [-0.2, -0.15) is 0 Å². The number of rotatable bonds is 6. The second kappa shape index (κ2) is 7.17. The second-order valence-corrected chi connectivity index (χ2v) is 5.12. The van der Waals surface area contributed by atoms with Crippen molar-refractivity contribution < 1.29 is 14.3 Å². The molecule has 4 nitrogen and oxygen atoms in total. The van der Waals surface area contributed by atoms with E-state index in [0.29, 0.717) is 24.3 Å². The van der Waals surface area contributed by atoms with Crippen molar-refractivity contribution in [3.05, 3.63) is 54.0 Å². The molecule has 0 spiro atoms. The molecule has 0 radical (unpaired) electrons. The Balaban J connectivity index is 1.86. The molecule has 2 N–H and O–H groups in total. The summed E-state index contributed by atoms with van der Waals surface area (Å²) < 4.78 is 5.11. The van der Waals surface area contributed by atoms with E-state index in [4.69, 9.17) is 4.42 Å². The van der Waals surface area contributed by atoms with Crippen LogP contribution in [0.3, 0.4) is 0 Å². The Bertz CT molecular complexity index is 554. The molecule has 106 valence electrons. The Morgan fingerprint density at radius 3 is 2.85 bits per heavy atom. The molecule has 1 amide bonds. The highest BCUT2D eigenvalue weighted by atomic mass is 32.2. The summed E-state index contributed by atoms with van der Waals surface area (Å²) in [6, 6.07) is 10.9. The topological polar surface area (TPSA) is 62.5 Å². The minimum atomic E-state index is -0.693. The Labute approximate surface area is 122 Å². The highest BCUT2D eigenvalue weighted by molar-refractivity contribution is 7.98. The van der Waals surface area contributed by atoms with E-state index in [-0.39, 0.29) is 5.91 Å². The van der Waals surface area contributed by atoms with Gasteiger partial charge in [-0.05, 0) is 36.9 Å². The predicted molar refractivity (Wildman–Crippen MR) is 78.8 cm³/mol. The van der Waals surface area contributed by atoms with Crippen molar-refractivity contribution in [1.29, 1.82) is 0 Å². The molecule has 1 heterocycles. The van der Waals surface area contributed by atoms with Crippen LogP contribution < -0.4 is 5.32 Å². The van der Waals surface area contributed by atoms with Crippen molar-refractivity contribution in [2.24, 2.45) is 0 Å². The lowest BCUT2D eigenvalue weighted by atomic mass is 10.2. The fraction of sp³-hybridized carbons (Fsp3) is 0.267. The van der Waals surface area contributed by atoms with E-state index in [1.165, 1.54) is 18.0 Å². The molecule has 0 aliphatic heterocycles. The van der Waals surface area contributed by atoms with Crippen molar-refractivity contribution in [2.75, 3.05) is 12.8 Å². The highest BCUT2D eigenvalue weighted by Gasteiger charge is 2.13. The molecule has 5 heteroatoms. The van der Waals surface area contributed by atoms with Crippen molar-refractivity contribution in [3.63, 3.8) is 0 Å². The monoisotopic (exact) mass is 291 g/mol. The number of carbonyl (C=O) groups is 1. The number of hydrogen-bond donors (Lipinski definition) is 2. The van der Waals surface area contributed by atoms with E-state index in [1.807, 2.05) is 24.5 Å². The van der Waals surface area contributed by atoms with Crippen LogP contribution in [0.4, 0.5) is 0 Å². The molecule has 0 saturated heterocycles. The van der Waals surface area contributed by atoms with Gasteiger partial charge in [0.2, 0.25) is 0 Å². The zero-order valence-corrected chi connectivity index (χ0v) is 12.0. The fourth-order valence-electron chi connectivity index (χ4n) is 1.87. The van der Waals surface area contributed by atoms with Crippen LogP contribution in [0.25, 0.3) is 0 Å². The van der Waals surface area contributed by atoms with Crippen LogP contribution in [0.2, 0.25) is 0 Å². The minimum absolute atomic E-state index is 0.124. The average molecular weight is 291 g/mol. The van der Waals surface area contributed by atoms with Gasteiger partial charge in [-0.3, -0.25) is 4.79 Å². The Morgan fingerprint density at radius 1 is 1.35 bits per heavy atom. The number of furan rings is 1. The van der Waals surface area contributed by atoms with E-state index in [1.54, 1.807) is 18.2 Å². The number of thioether (sulfide) groups is 1. The number of nitrogens with one attached hydrogen (secondary N) is 1. The molecule has 1 atom stereocenters. The lowest BCUT2D eigenvalue weighted by Crippen LogP contribution is -2.26. The van der Waals surface area contributed by atoms with Gasteiger partial charge >= 0.3 is 0 Å². The maximum absolute atomic E-state index is 12.1. The van der Waals surface area contributed by atoms with Crippen LogP contribution in [-0.2, 0) is 0 Å². The molecule has 2 aromatic rings. The van der Waals surface area contributed by atoms with E-state index in [0.717, 1.165) is 4.90 Å². The van der Waals surface area contributed by atoms with Crippen LogP contribution >= 0.6 is 11.8 Å². The van der Waals surface area contributed by atoms with Gasteiger partial charge in [0.05, 0.1) is 11.8 Å². The van der Waals surface area contributed by atoms with E-state index in [9.17, 15) is 9.90 Å². The Morgan fingerprint density at radius 2 is 2.15 bits per heavy atom. The number of aliphatic hydroxyl groups excluding tert-OH is 1. The summed E-state index contributed by atoms with van der Waals surface area (Å²) in [5.74, 6) is 0.394. The van der Waals surface area contributed by atoms with Gasteiger partial charge in [0.25, 0.3) is 5.91 Å². The molecule has 0 bridgehead atoms. The van der Waals surface area contributed by atoms with Crippen molar-refractivity contribution in [2.45, 2.75) is 17.4 Å². The quantitative estimate of drug-likeness (QED) is 0.803. The third-order valence-corrected chi connectivity index (χ3v) is 3.72. The number of benzene rings is 1. The molecule has 20 heavy (non-hydrogen) atoms. The molecule has 0 saturated carbocycles. The standard InChI is InChI=1S/C15H17NO3S/c1-20-14-7-3-2-5-11(14)15(18)16-9-8-12(17)13-6-4-10-19-13/h2-7,10,12,17H,8-9H2,1H3,(H,16,18)/t12-/m1/s1. The van der Waals surface area contributed by atoms with Crippen molar-refractivity contribution in [3.8, 4) is 0 Å². The van der Waals surface area contributed by atoms with Crippen molar-refractivity contribution in [1.82, 2.24) is 5.32 Å². The van der Waals surface area contributed by atoms with Gasteiger partial charge < -0.3 is 14.8 Å². The Kier molecular flexibility index (Phi) is 5.26. The van der Waals surface area contributed by atoms with E-state index in [2.05, 4.69) is 5.32 Å². The van der Waals surface area contributed by atoms with Crippen LogP contribution in [0, 0.1) is 0 Å². The largest absolute Gasteiger partial charge is 0.467 e. The zero-order chi connectivity index (χ0) is 14.4. The number of carbonyl (C=O) groups excluding carboxylic acids is 1. The van der Waals surface area contributed by atoms with Gasteiger partial charge in [-0.1, -0.05) is 12.1 Å². The third-order valence-electron chi connectivity index (χ3n) is 2.93. The number of amides is 1. The lowest BCUT2D eigenvalue weighted by Gasteiger charge is -2.10. The molecule has 0 unspecified atom stereocenters. The first-order valence-electron chi connectivity index (χ1n) is 6.35. The first-order valence-corrected chi connectivity index (χ1v) is 7.57. The van der Waals surface area contributed by atoms with Crippen LogP contribution in [0.1, 0.15) is 28.6 Å². The molecule has 1 aromatic heterocycles. The Hall–Kier alpha value is -1.72. The first kappa shape index (κ1) is 14.7. The third kappa shape index (κ3) is 3.65. The molecular weight excluding hydrogens is 274 g/mol. The van der Waals surface area contributed by atoms with E-state index >= 15 is 0 Å². The van der Waals surface area contributed by atoms with Gasteiger partial charge in [-0.15, -0.1) is 11.8 Å². The molecular formula is C15H17NO3S. The smallest absolute Gasteiger partial charge is 0.252 e. The van der Waals surface area contributed by atoms with Crippen LogP contribution in [-0.4, -0.2) is 23.8 Å². The maximum Gasteiger partial charge on any atom is 0.252 e. The minimum Gasteiger partial charge on any atom is -0.467 e. The fourth-order valence-corrected chi connectivity index (χ4v) is 2.47. The normalized spacial score (nSPS) is 12.1. The summed E-state index contributed by atoms with van der Waals surface area (Å²) >= 11 is 1.54. The average Bonchev–Trinajstić information content (AvgIpc) is 3.01. The number of hydrogen-bond acceptors (Lipinski definition) is 4. The molecule has 1 aromatic carbocycles. The molecule has 2 rings (SSSR count). The maximum atomic E-state index is 12.1. The number of aliphatic hydroxyl groups is 1. The van der Waals surface area contributed by atoms with Crippen molar-refractivity contribution >= 4 is 17.7 Å². The van der Waals surface area contributed by atoms with Gasteiger partial charge in [0.1, 0.15) is 11.9 Å². The second-order valence-electron chi connectivity index (χ2n) is 4.28. The summed E-state index contributed by atoms with van der Waals surface area (Å²) in [5.41, 5.74) is 0.660. The van der Waals surface area contributed by atoms with E-state index < -0.39 is 6.10 Å². The highest BCUT2D eigenvalue weighted by Crippen LogP contribution is 2.20. The predicted octanol–water partition coefficient (Wildman–Crippen LogP) is 2.86. The SMILES string of the molecule is CSc1ccccc1C(=O)NCC[C@@H](O)c1ccco1. The van der Waals surface area contributed by atoms with Gasteiger partial charge in [-0.25, -0.2) is 0 Å². The van der Waals surface area contributed by atoms with Gasteiger partial charge in [0, 0.05) is 11.4 Å². The van der Waals surface area contributed by atoms with Crippen LogP contribution in [0.15, 0.2) is 52.0 Å². The molecule has 0 aliphatic rings. The summed E-state index contributed by atoms with van der Waals surface area (Å²) in [6.07, 6.45) is 3.18. The summed E-state index contributed by atoms with van der Waals surface area (Å²) in [7, 11) is 0. The lowest BCUT2D eigenvalue weighted by molar-refractivity contribution is 0.0933. The summed E-state index contributed by atoms with van der Waals surface area (Å²) in [6.45, 7) is 0.392. The summed E-state index contributed by atoms with van der Waals surface area (Å²) in [4.78, 5) is 13.0.